The molecule has 0 aliphatic rings. The standard InChI is InChI=1S/C15H13N3O2S/c16-15-7-6-13(11-17-15)12-4-3-5-14(10-12)21(19,20)18-8-1-2-9-18/h1-11H,(H2,16,17). The van der Waals surface area contributed by atoms with Gasteiger partial charge in [-0.1, -0.05) is 12.1 Å². The molecule has 21 heavy (non-hydrogen) atoms. The molecule has 0 unspecified atom stereocenters. The van der Waals surface area contributed by atoms with Crippen molar-refractivity contribution < 1.29 is 8.42 Å². The molecule has 5 nitrogen and oxygen atoms in total. The molecule has 0 spiro atoms. The van der Waals surface area contributed by atoms with Gasteiger partial charge in [0.25, 0.3) is 10.0 Å². The number of nitrogens with two attached hydrogens (primary N) is 1. The number of rotatable bonds is 3. The zero-order chi connectivity index (χ0) is 14.9. The van der Waals surface area contributed by atoms with Crippen molar-refractivity contribution in [2.24, 2.45) is 0 Å². The van der Waals surface area contributed by atoms with Gasteiger partial charge in [0.15, 0.2) is 0 Å². The van der Waals surface area contributed by atoms with Crippen LogP contribution in [0.5, 0.6) is 0 Å². The Morgan fingerprint density at radius 2 is 1.71 bits per heavy atom. The fourth-order valence-corrected chi connectivity index (χ4v) is 3.24. The van der Waals surface area contributed by atoms with Crippen LogP contribution in [0.4, 0.5) is 5.82 Å². The Balaban J connectivity index is 2.07. The van der Waals surface area contributed by atoms with E-state index in [9.17, 15) is 8.42 Å². The smallest absolute Gasteiger partial charge is 0.267 e. The van der Waals surface area contributed by atoms with Crippen molar-refractivity contribution in [2.45, 2.75) is 4.90 Å². The van der Waals surface area contributed by atoms with Crippen molar-refractivity contribution in [3.63, 3.8) is 0 Å². The first-order chi connectivity index (χ1) is 10.1. The van der Waals surface area contributed by atoms with Gasteiger partial charge in [0.05, 0.1) is 4.90 Å². The maximum atomic E-state index is 12.5. The van der Waals surface area contributed by atoms with Gasteiger partial charge in [-0.2, -0.15) is 0 Å². The summed E-state index contributed by atoms with van der Waals surface area (Å²) in [7, 11) is -3.56. The Kier molecular flexibility index (Phi) is 3.23. The number of benzene rings is 1. The molecule has 0 saturated heterocycles. The van der Waals surface area contributed by atoms with E-state index in [2.05, 4.69) is 4.98 Å². The molecule has 106 valence electrons. The van der Waals surface area contributed by atoms with Crippen LogP contribution in [0.3, 0.4) is 0 Å². The van der Waals surface area contributed by atoms with E-state index in [4.69, 9.17) is 5.73 Å². The zero-order valence-electron chi connectivity index (χ0n) is 11.0. The van der Waals surface area contributed by atoms with Crippen LogP contribution in [0.2, 0.25) is 0 Å². The average Bonchev–Trinajstić information content (AvgIpc) is 3.03. The second-order valence-corrected chi connectivity index (χ2v) is 6.36. The van der Waals surface area contributed by atoms with E-state index in [1.807, 2.05) is 12.1 Å². The highest BCUT2D eigenvalue weighted by Crippen LogP contribution is 2.23. The Morgan fingerprint density at radius 1 is 0.952 bits per heavy atom. The van der Waals surface area contributed by atoms with Crippen LogP contribution in [-0.4, -0.2) is 17.4 Å². The first-order valence-electron chi connectivity index (χ1n) is 6.28. The minimum absolute atomic E-state index is 0.230. The van der Waals surface area contributed by atoms with E-state index in [1.54, 1.807) is 42.6 Å². The van der Waals surface area contributed by atoms with Gasteiger partial charge in [0.1, 0.15) is 5.82 Å². The number of hydrogen-bond donors (Lipinski definition) is 1. The molecule has 1 aromatic carbocycles. The molecular weight excluding hydrogens is 286 g/mol. The molecule has 0 saturated carbocycles. The van der Waals surface area contributed by atoms with Crippen LogP contribution in [0.1, 0.15) is 0 Å². The van der Waals surface area contributed by atoms with Gasteiger partial charge in [0.2, 0.25) is 0 Å². The number of nitrogens with zero attached hydrogens (tertiary/aromatic N) is 2. The quantitative estimate of drug-likeness (QED) is 0.805. The van der Waals surface area contributed by atoms with Crippen molar-refractivity contribution in [1.29, 1.82) is 0 Å². The number of hydrogen-bond acceptors (Lipinski definition) is 4. The predicted octanol–water partition coefficient (Wildman–Crippen LogP) is 2.37. The normalized spacial score (nSPS) is 11.4. The SMILES string of the molecule is Nc1ccc(-c2cccc(S(=O)(=O)n3cccc3)c2)cn1. The van der Waals surface area contributed by atoms with E-state index in [0.717, 1.165) is 11.1 Å². The summed E-state index contributed by atoms with van der Waals surface area (Å²) in [5.74, 6) is 0.426. The summed E-state index contributed by atoms with van der Waals surface area (Å²) in [6, 6.07) is 13.6. The Hall–Kier alpha value is -2.60. The van der Waals surface area contributed by atoms with Gasteiger partial charge in [-0.25, -0.2) is 17.4 Å². The minimum Gasteiger partial charge on any atom is -0.384 e. The summed E-state index contributed by atoms with van der Waals surface area (Å²) in [4.78, 5) is 4.25. The monoisotopic (exact) mass is 299 g/mol. The summed E-state index contributed by atoms with van der Waals surface area (Å²) in [5.41, 5.74) is 7.15. The molecule has 0 amide bonds. The van der Waals surface area contributed by atoms with Gasteiger partial charge in [0, 0.05) is 24.2 Å². The molecular formula is C15H13N3O2S. The minimum atomic E-state index is -3.56. The molecule has 0 atom stereocenters. The number of aromatic nitrogens is 2. The van der Waals surface area contributed by atoms with Gasteiger partial charge >= 0.3 is 0 Å². The highest BCUT2D eigenvalue weighted by atomic mass is 32.2. The Morgan fingerprint density at radius 3 is 2.38 bits per heavy atom. The van der Waals surface area contributed by atoms with E-state index in [-0.39, 0.29) is 4.90 Å². The van der Waals surface area contributed by atoms with Crippen molar-refractivity contribution in [3.8, 4) is 11.1 Å². The summed E-state index contributed by atoms with van der Waals surface area (Å²) in [6.45, 7) is 0. The van der Waals surface area contributed by atoms with Crippen LogP contribution >= 0.6 is 0 Å². The molecule has 2 aromatic heterocycles. The summed E-state index contributed by atoms with van der Waals surface area (Å²) < 4.78 is 26.1. The molecule has 2 N–H and O–H groups in total. The van der Waals surface area contributed by atoms with Crippen molar-refractivity contribution in [1.82, 2.24) is 8.96 Å². The molecule has 0 bridgehead atoms. The van der Waals surface area contributed by atoms with E-state index in [1.165, 1.54) is 16.4 Å². The topological polar surface area (TPSA) is 78.0 Å². The van der Waals surface area contributed by atoms with Crippen molar-refractivity contribution in [3.05, 3.63) is 67.1 Å². The van der Waals surface area contributed by atoms with E-state index in [0.29, 0.717) is 5.82 Å². The van der Waals surface area contributed by atoms with Crippen LogP contribution in [0.25, 0.3) is 11.1 Å². The summed E-state index contributed by atoms with van der Waals surface area (Å²) in [5, 5.41) is 0. The molecule has 0 aliphatic heterocycles. The zero-order valence-corrected chi connectivity index (χ0v) is 11.9. The Labute approximate surface area is 122 Å². The molecule has 0 aliphatic carbocycles. The van der Waals surface area contributed by atoms with Crippen LogP contribution in [0.15, 0.2) is 72.0 Å². The lowest BCUT2D eigenvalue weighted by Crippen LogP contribution is -2.10. The maximum absolute atomic E-state index is 12.5. The summed E-state index contributed by atoms with van der Waals surface area (Å²) >= 11 is 0. The fourth-order valence-electron chi connectivity index (χ4n) is 2.01. The summed E-state index contributed by atoms with van der Waals surface area (Å²) in [6.07, 6.45) is 4.64. The lowest BCUT2D eigenvalue weighted by molar-refractivity contribution is 0.587. The molecule has 3 rings (SSSR count). The molecule has 2 heterocycles. The third kappa shape index (κ3) is 2.53. The predicted molar refractivity (Wildman–Crippen MR) is 81.1 cm³/mol. The lowest BCUT2D eigenvalue weighted by Gasteiger charge is -2.08. The van der Waals surface area contributed by atoms with Crippen molar-refractivity contribution in [2.75, 3.05) is 5.73 Å². The second-order valence-electron chi connectivity index (χ2n) is 4.52. The maximum Gasteiger partial charge on any atom is 0.267 e. The van der Waals surface area contributed by atoms with E-state index < -0.39 is 10.0 Å². The highest BCUT2D eigenvalue weighted by Gasteiger charge is 2.16. The molecule has 6 heteroatoms. The third-order valence-electron chi connectivity index (χ3n) is 3.11. The van der Waals surface area contributed by atoms with Crippen LogP contribution in [0, 0.1) is 0 Å². The number of pyridine rings is 1. The fraction of sp³-hybridized carbons (Fsp3) is 0. The molecule has 0 radical (unpaired) electrons. The Bertz CT molecular complexity index is 854. The van der Waals surface area contributed by atoms with Crippen LogP contribution in [-0.2, 0) is 10.0 Å². The third-order valence-corrected chi connectivity index (χ3v) is 4.75. The first kappa shape index (κ1) is 13.4. The van der Waals surface area contributed by atoms with Crippen LogP contribution < -0.4 is 5.73 Å². The lowest BCUT2D eigenvalue weighted by atomic mass is 10.1. The number of anilines is 1. The van der Waals surface area contributed by atoms with Gasteiger partial charge in [-0.3, -0.25) is 0 Å². The van der Waals surface area contributed by atoms with E-state index >= 15 is 0 Å². The van der Waals surface area contributed by atoms with Gasteiger partial charge < -0.3 is 5.73 Å². The largest absolute Gasteiger partial charge is 0.384 e. The van der Waals surface area contributed by atoms with Gasteiger partial charge in [-0.15, -0.1) is 0 Å². The number of nitrogen functional groups attached to an aromatic ring is 1. The molecule has 3 aromatic rings. The van der Waals surface area contributed by atoms with Crippen molar-refractivity contribution >= 4 is 15.8 Å². The molecule has 0 fully saturated rings. The van der Waals surface area contributed by atoms with Gasteiger partial charge in [-0.05, 0) is 42.0 Å². The highest BCUT2D eigenvalue weighted by molar-refractivity contribution is 7.90. The second kappa shape index (κ2) is 5.06. The average molecular weight is 299 g/mol. The first-order valence-corrected chi connectivity index (χ1v) is 7.72.